The Hall–Kier alpha value is -1.82. The zero-order chi connectivity index (χ0) is 16.8. The molecular formula is C10H12N5O7P. The molecule has 0 radical (unpaired) electrons. The minimum absolute atomic E-state index is 0.0130. The van der Waals surface area contributed by atoms with E-state index in [2.05, 4.69) is 19.5 Å². The quantitative estimate of drug-likeness (QED) is 0.465. The summed E-state index contributed by atoms with van der Waals surface area (Å²) >= 11 is 0. The van der Waals surface area contributed by atoms with Crippen molar-refractivity contribution in [3.63, 3.8) is 0 Å². The van der Waals surface area contributed by atoms with Gasteiger partial charge >= 0.3 is 13.9 Å². The summed E-state index contributed by atoms with van der Waals surface area (Å²) in [6.07, 6.45) is -2.14. The number of carbonyl (C=O) groups is 1. The summed E-state index contributed by atoms with van der Waals surface area (Å²) in [4.78, 5) is 42.0. The van der Waals surface area contributed by atoms with Crippen molar-refractivity contribution >= 4 is 37.6 Å². The van der Waals surface area contributed by atoms with E-state index in [1.807, 2.05) is 0 Å². The fraction of sp³-hybridized carbons (Fsp3) is 0.500. The molecule has 0 aromatic carbocycles. The van der Waals surface area contributed by atoms with Crippen molar-refractivity contribution < 1.29 is 33.5 Å². The number of rotatable bonds is 4. The molecular weight excluding hydrogens is 333 g/mol. The zero-order valence-corrected chi connectivity index (χ0v) is 12.3. The van der Waals surface area contributed by atoms with Gasteiger partial charge in [-0.05, 0) is 0 Å². The van der Waals surface area contributed by atoms with Crippen LogP contribution in [-0.2, 0) is 13.8 Å². The van der Waals surface area contributed by atoms with Gasteiger partial charge in [0.2, 0.25) is 0 Å². The SMILES string of the molecule is N=C1N=CN=C2C1=NC(=O)N2[C@H]1C[C@H](OP(=O)(O)O)[C@@H](CO)O1. The number of aliphatic imine (C=N–C) groups is 3. The normalized spacial score (nSPS) is 30.6. The van der Waals surface area contributed by atoms with Gasteiger partial charge in [-0.15, -0.1) is 0 Å². The number of fused-ring (bicyclic) bond motifs is 1. The maximum absolute atomic E-state index is 12.0. The molecule has 23 heavy (non-hydrogen) atoms. The molecule has 0 spiro atoms. The molecule has 4 N–H and O–H groups in total. The highest BCUT2D eigenvalue weighted by molar-refractivity contribution is 7.46. The second-order valence-corrected chi connectivity index (χ2v) is 6.03. The molecule has 0 unspecified atom stereocenters. The Bertz CT molecular complexity index is 698. The van der Waals surface area contributed by atoms with Gasteiger partial charge in [-0.3, -0.25) is 9.93 Å². The van der Waals surface area contributed by atoms with Crippen LogP contribution in [0.15, 0.2) is 15.0 Å². The molecule has 124 valence electrons. The van der Waals surface area contributed by atoms with Gasteiger partial charge in [0.25, 0.3) is 0 Å². The third-order valence-corrected chi connectivity index (χ3v) is 3.91. The van der Waals surface area contributed by atoms with Gasteiger partial charge in [0.1, 0.15) is 24.8 Å². The summed E-state index contributed by atoms with van der Waals surface area (Å²) in [6, 6.07) is -0.743. The number of amidine groups is 2. The van der Waals surface area contributed by atoms with Crippen LogP contribution < -0.4 is 0 Å². The number of hydrogen-bond acceptors (Lipinski definition) is 7. The molecule has 3 aliphatic rings. The molecule has 2 amide bonds. The predicted octanol–water partition coefficient (Wildman–Crippen LogP) is -1.13. The number of ether oxygens (including phenoxy) is 1. The van der Waals surface area contributed by atoms with Gasteiger partial charge < -0.3 is 19.6 Å². The number of amides is 2. The molecule has 3 rings (SSSR count). The Morgan fingerprint density at radius 3 is 2.91 bits per heavy atom. The maximum Gasteiger partial charge on any atom is 0.469 e. The van der Waals surface area contributed by atoms with Crippen molar-refractivity contribution in [3.05, 3.63) is 0 Å². The van der Waals surface area contributed by atoms with Crippen LogP contribution in [0.4, 0.5) is 4.79 Å². The molecule has 0 aromatic heterocycles. The summed E-state index contributed by atoms with van der Waals surface area (Å²) < 4.78 is 21.0. The van der Waals surface area contributed by atoms with E-state index in [0.29, 0.717) is 0 Å². The molecule has 0 saturated carbocycles. The lowest BCUT2D eigenvalue weighted by Crippen LogP contribution is -2.44. The van der Waals surface area contributed by atoms with Crippen molar-refractivity contribution in [2.24, 2.45) is 15.0 Å². The lowest BCUT2D eigenvalue weighted by molar-refractivity contribution is -0.0465. The molecule has 1 saturated heterocycles. The van der Waals surface area contributed by atoms with E-state index >= 15 is 0 Å². The summed E-state index contributed by atoms with van der Waals surface area (Å²) in [5.74, 6) is -0.168. The first-order valence-electron chi connectivity index (χ1n) is 6.42. The van der Waals surface area contributed by atoms with Crippen LogP contribution in [-0.4, -0.2) is 74.6 Å². The first kappa shape index (κ1) is 16.1. The molecule has 0 aliphatic carbocycles. The van der Waals surface area contributed by atoms with Gasteiger partial charge in [0.15, 0.2) is 17.4 Å². The van der Waals surface area contributed by atoms with Crippen LogP contribution in [0.2, 0.25) is 0 Å². The molecule has 13 heteroatoms. The summed E-state index contributed by atoms with van der Waals surface area (Å²) in [5, 5.41) is 16.9. The van der Waals surface area contributed by atoms with E-state index < -0.39 is 38.9 Å². The van der Waals surface area contributed by atoms with Gasteiger partial charge in [-0.2, -0.15) is 4.99 Å². The Morgan fingerprint density at radius 2 is 2.26 bits per heavy atom. The fourth-order valence-electron chi connectivity index (χ4n) is 2.46. The number of nitrogens with one attached hydrogen (secondary N) is 1. The molecule has 0 aromatic rings. The van der Waals surface area contributed by atoms with E-state index in [0.717, 1.165) is 11.2 Å². The lowest BCUT2D eigenvalue weighted by atomic mass is 10.2. The van der Waals surface area contributed by atoms with Crippen LogP contribution in [0, 0.1) is 5.41 Å². The second kappa shape index (κ2) is 5.67. The molecule has 0 bridgehead atoms. The third-order valence-electron chi connectivity index (χ3n) is 3.37. The first-order chi connectivity index (χ1) is 10.8. The van der Waals surface area contributed by atoms with Crippen molar-refractivity contribution in [2.75, 3.05) is 6.61 Å². The van der Waals surface area contributed by atoms with E-state index in [4.69, 9.17) is 19.9 Å². The number of phosphoric ester groups is 1. The van der Waals surface area contributed by atoms with E-state index in [1.54, 1.807) is 0 Å². The second-order valence-electron chi connectivity index (χ2n) is 4.84. The van der Waals surface area contributed by atoms with Gasteiger partial charge in [0.05, 0.1) is 6.61 Å². The Kier molecular flexibility index (Phi) is 3.96. The molecule has 1 fully saturated rings. The smallest absolute Gasteiger partial charge is 0.394 e. The van der Waals surface area contributed by atoms with Crippen LogP contribution in [0.3, 0.4) is 0 Å². The Balaban J connectivity index is 1.82. The number of aliphatic hydroxyl groups is 1. The van der Waals surface area contributed by atoms with Crippen molar-refractivity contribution in [2.45, 2.75) is 24.9 Å². The van der Waals surface area contributed by atoms with E-state index in [1.165, 1.54) is 0 Å². The molecule has 3 heterocycles. The van der Waals surface area contributed by atoms with Crippen LogP contribution >= 0.6 is 7.82 Å². The summed E-state index contributed by atoms with van der Waals surface area (Å²) in [6.45, 7) is -0.555. The number of phosphoric acid groups is 1. The monoisotopic (exact) mass is 345 g/mol. The minimum atomic E-state index is -4.79. The third kappa shape index (κ3) is 3.00. The number of urea groups is 1. The van der Waals surface area contributed by atoms with E-state index in [-0.39, 0.29) is 23.8 Å². The number of hydrogen-bond donors (Lipinski definition) is 4. The maximum atomic E-state index is 12.0. The Labute approximate surface area is 128 Å². The van der Waals surface area contributed by atoms with Crippen molar-refractivity contribution in [1.82, 2.24) is 4.90 Å². The van der Waals surface area contributed by atoms with Crippen molar-refractivity contribution in [3.8, 4) is 0 Å². The minimum Gasteiger partial charge on any atom is -0.394 e. The standard InChI is InChI=1S/C10H12N5O7P/c11-8-7-9(13-3-12-8)15(10(17)14-7)6-1-4(5(2-16)21-6)22-23(18,19)20/h3-6,11,16H,1-2H2,(H2,18,19,20)/t4-,5+,6+/m0/s1. The Morgan fingerprint density at radius 1 is 1.52 bits per heavy atom. The van der Waals surface area contributed by atoms with Crippen LogP contribution in [0.25, 0.3) is 0 Å². The molecule has 3 aliphatic heterocycles. The number of nitrogens with zero attached hydrogens (tertiary/aromatic N) is 4. The lowest BCUT2D eigenvalue weighted by Gasteiger charge is -2.23. The first-order valence-corrected chi connectivity index (χ1v) is 7.95. The van der Waals surface area contributed by atoms with Crippen LogP contribution in [0.1, 0.15) is 6.42 Å². The topological polar surface area (TPSA) is 177 Å². The van der Waals surface area contributed by atoms with Crippen molar-refractivity contribution in [1.29, 1.82) is 5.41 Å². The fourth-order valence-corrected chi connectivity index (χ4v) is 3.03. The molecule has 12 nitrogen and oxygen atoms in total. The predicted molar refractivity (Wildman–Crippen MR) is 75.6 cm³/mol. The number of aliphatic hydroxyl groups excluding tert-OH is 1. The highest BCUT2D eigenvalue weighted by Gasteiger charge is 2.47. The summed E-state index contributed by atoms with van der Waals surface area (Å²) in [5.41, 5.74) is -0.0130. The molecule has 3 atom stereocenters. The average molecular weight is 345 g/mol. The highest BCUT2D eigenvalue weighted by Crippen LogP contribution is 2.42. The zero-order valence-electron chi connectivity index (χ0n) is 11.4. The summed E-state index contributed by atoms with van der Waals surface area (Å²) in [7, 11) is -4.79. The highest BCUT2D eigenvalue weighted by atomic mass is 31.2. The largest absolute Gasteiger partial charge is 0.469 e. The van der Waals surface area contributed by atoms with Gasteiger partial charge in [-0.1, -0.05) is 0 Å². The number of carbonyl (C=O) groups excluding carboxylic acids is 1. The van der Waals surface area contributed by atoms with Gasteiger partial charge in [-0.25, -0.2) is 24.2 Å². The average Bonchev–Trinajstić information content (AvgIpc) is 2.98. The van der Waals surface area contributed by atoms with E-state index in [9.17, 15) is 14.5 Å². The van der Waals surface area contributed by atoms with Gasteiger partial charge in [0, 0.05) is 6.42 Å². The van der Waals surface area contributed by atoms with Crippen LogP contribution in [0.5, 0.6) is 0 Å².